The van der Waals surface area contributed by atoms with E-state index in [0.29, 0.717) is 0 Å². The van der Waals surface area contributed by atoms with Crippen LogP contribution in [0.3, 0.4) is 0 Å². The molecule has 2 N–H and O–H groups in total. The van der Waals surface area contributed by atoms with Crippen LogP contribution in [0.4, 0.5) is 5.69 Å². The molecule has 0 aliphatic carbocycles. The van der Waals surface area contributed by atoms with E-state index < -0.39 is 0 Å². The smallest absolute Gasteiger partial charge is 0.0632 e. The maximum absolute atomic E-state index is 9.27. The van der Waals surface area contributed by atoms with Gasteiger partial charge in [0.2, 0.25) is 0 Å². The normalized spacial score (nSPS) is 12.4. The number of aliphatic hydroxyl groups is 1. The average molecular weight is 239 g/mol. The molecule has 1 rings (SSSR count). The van der Waals surface area contributed by atoms with Gasteiger partial charge in [-0.3, -0.25) is 0 Å². The number of anilines is 1. The Hall–Kier alpha value is -0.670. The fraction of sp³-hybridized carbons (Fsp3) is 0.538. The number of aryl methyl sites for hydroxylation is 1. The largest absolute Gasteiger partial charge is 0.394 e. The molecule has 0 amide bonds. The molecule has 0 saturated heterocycles. The van der Waals surface area contributed by atoms with Crippen LogP contribution in [0.15, 0.2) is 24.3 Å². The third-order valence-electron chi connectivity index (χ3n) is 2.54. The van der Waals surface area contributed by atoms with E-state index in [1.54, 1.807) is 0 Å². The molecule has 1 aromatic carbocycles. The molecule has 16 heavy (non-hydrogen) atoms. The van der Waals surface area contributed by atoms with Crippen LogP contribution in [0, 0.1) is 6.92 Å². The molecule has 90 valence electrons. The van der Waals surface area contributed by atoms with Crippen molar-refractivity contribution < 1.29 is 5.11 Å². The molecule has 3 heteroatoms. The lowest BCUT2D eigenvalue weighted by molar-refractivity contribution is 0.268. The first-order valence-corrected chi connectivity index (χ1v) is 7.08. The summed E-state index contributed by atoms with van der Waals surface area (Å²) in [5, 5.41) is 12.6. The molecule has 0 saturated carbocycles. The Bertz CT molecular complexity index is 286. The van der Waals surface area contributed by atoms with Gasteiger partial charge in [-0.15, -0.1) is 0 Å². The average Bonchev–Trinajstić information content (AvgIpc) is 2.31. The molecule has 0 radical (unpaired) electrons. The summed E-state index contributed by atoms with van der Waals surface area (Å²) in [6, 6.07) is 8.46. The van der Waals surface area contributed by atoms with Gasteiger partial charge in [-0.25, -0.2) is 0 Å². The number of aliphatic hydroxyl groups excluding tert-OH is 1. The maximum atomic E-state index is 9.27. The highest BCUT2D eigenvalue weighted by atomic mass is 32.2. The first-order valence-electron chi connectivity index (χ1n) is 5.69. The van der Waals surface area contributed by atoms with Gasteiger partial charge in [0.25, 0.3) is 0 Å². The molecular formula is C13H21NOS. The van der Waals surface area contributed by atoms with Crippen molar-refractivity contribution in [3.8, 4) is 0 Å². The Morgan fingerprint density at radius 1 is 1.31 bits per heavy atom. The molecule has 0 aliphatic rings. The fourth-order valence-electron chi connectivity index (χ4n) is 1.57. The highest BCUT2D eigenvalue weighted by Gasteiger charge is 2.06. The molecule has 1 atom stereocenters. The maximum Gasteiger partial charge on any atom is 0.0632 e. The summed E-state index contributed by atoms with van der Waals surface area (Å²) in [6.45, 7) is 2.27. The Balaban J connectivity index is 2.40. The van der Waals surface area contributed by atoms with Crippen molar-refractivity contribution in [2.24, 2.45) is 0 Å². The van der Waals surface area contributed by atoms with Crippen LogP contribution in [0.5, 0.6) is 0 Å². The first kappa shape index (κ1) is 13.4. The third kappa shape index (κ3) is 4.90. The van der Waals surface area contributed by atoms with E-state index in [-0.39, 0.29) is 12.6 Å². The van der Waals surface area contributed by atoms with Gasteiger partial charge in [0.1, 0.15) is 0 Å². The van der Waals surface area contributed by atoms with Crippen LogP contribution >= 0.6 is 11.8 Å². The van der Waals surface area contributed by atoms with Crippen LogP contribution in [-0.4, -0.2) is 29.8 Å². The van der Waals surface area contributed by atoms with Crippen LogP contribution in [-0.2, 0) is 0 Å². The summed E-state index contributed by atoms with van der Waals surface area (Å²) < 4.78 is 0. The van der Waals surface area contributed by atoms with Crippen molar-refractivity contribution in [2.75, 3.05) is 23.9 Å². The minimum Gasteiger partial charge on any atom is -0.394 e. The minimum atomic E-state index is 0.176. The second kappa shape index (κ2) is 7.58. The van der Waals surface area contributed by atoms with Gasteiger partial charge >= 0.3 is 0 Å². The summed E-state index contributed by atoms with van der Waals surface area (Å²) in [5.41, 5.74) is 2.35. The number of benzene rings is 1. The molecule has 0 heterocycles. The molecule has 2 nitrogen and oxygen atoms in total. The van der Waals surface area contributed by atoms with Gasteiger partial charge in [-0.2, -0.15) is 11.8 Å². The number of hydrogen-bond donors (Lipinski definition) is 2. The van der Waals surface area contributed by atoms with E-state index in [1.165, 1.54) is 5.56 Å². The molecule has 1 aromatic rings. The Labute approximate surface area is 102 Å². The number of thioether (sulfide) groups is 1. The number of hydrogen-bond acceptors (Lipinski definition) is 3. The molecule has 0 fully saturated rings. The van der Waals surface area contributed by atoms with Crippen molar-refractivity contribution in [3.63, 3.8) is 0 Å². The van der Waals surface area contributed by atoms with Crippen LogP contribution < -0.4 is 5.32 Å². The van der Waals surface area contributed by atoms with Crippen molar-refractivity contribution >= 4 is 17.4 Å². The SMILES string of the molecule is CSCCCC(CO)Nc1ccc(C)cc1. The van der Waals surface area contributed by atoms with E-state index in [4.69, 9.17) is 0 Å². The molecule has 0 spiro atoms. The van der Waals surface area contributed by atoms with Gasteiger partial charge < -0.3 is 10.4 Å². The van der Waals surface area contributed by atoms with Gasteiger partial charge in [0, 0.05) is 11.7 Å². The first-order chi connectivity index (χ1) is 7.76. The molecule has 0 bridgehead atoms. The highest BCUT2D eigenvalue weighted by molar-refractivity contribution is 7.98. The van der Waals surface area contributed by atoms with Gasteiger partial charge in [-0.1, -0.05) is 17.7 Å². The minimum absolute atomic E-state index is 0.176. The van der Waals surface area contributed by atoms with Gasteiger partial charge in [0.15, 0.2) is 0 Å². The van der Waals surface area contributed by atoms with Gasteiger partial charge in [-0.05, 0) is 43.9 Å². The van der Waals surface area contributed by atoms with Crippen LogP contribution in [0.1, 0.15) is 18.4 Å². The fourth-order valence-corrected chi connectivity index (χ4v) is 2.02. The van der Waals surface area contributed by atoms with Crippen molar-refractivity contribution in [2.45, 2.75) is 25.8 Å². The Morgan fingerprint density at radius 2 is 2.00 bits per heavy atom. The topological polar surface area (TPSA) is 32.3 Å². The van der Waals surface area contributed by atoms with Crippen LogP contribution in [0.2, 0.25) is 0 Å². The zero-order chi connectivity index (χ0) is 11.8. The lowest BCUT2D eigenvalue weighted by atomic mass is 10.1. The summed E-state index contributed by atoms with van der Waals surface area (Å²) in [5.74, 6) is 1.16. The summed E-state index contributed by atoms with van der Waals surface area (Å²) in [4.78, 5) is 0. The molecule has 0 aliphatic heterocycles. The van der Waals surface area contributed by atoms with Crippen molar-refractivity contribution in [1.82, 2.24) is 0 Å². The standard InChI is InChI=1S/C13H21NOS/c1-11-5-7-12(8-6-11)14-13(10-15)4-3-9-16-2/h5-8,13-15H,3-4,9-10H2,1-2H3. The summed E-state index contributed by atoms with van der Waals surface area (Å²) >= 11 is 1.85. The lowest BCUT2D eigenvalue weighted by Gasteiger charge is -2.17. The predicted molar refractivity (Wildman–Crippen MR) is 73.3 cm³/mol. The third-order valence-corrected chi connectivity index (χ3v) is 3.24. The lowest BCUT2D eigenvalue weighted by Crippen LogP contribution is -2.23. The molecule has 1 unspecified atom stereocenters. The second-order valence-electron chi connectivity index (χ2n) is 4.02. The summed E-state index contributed by atoms with van der Waals surface area (Å²) in [6.07, 6.45) is 4.28. The Morgan fingerprint density at radius 3 is 2.56 bits per heavy atom. The monoisotopic (exact) mass is 239 g/mol. The van der Waals surface area contributed by atoms with E-state index in [0.717, 1.165) is 24.3 Å². The quantitative estimate of drug-likeness (QED) is 0.718. The second-order valence-corrected chi connectivity index (χ2v) is 5.01. The Kier molecular flexibility index (Phi) is 6.34. The number of rotatable bonds is 7. The predicted octanol–water partition coefficient (Wildman–Crippen LogP) is 2.91. The highest BCUT2D eigenvalue weighted by Crippen LogP contribution is 2.12. The summed E-state index contributed by atoms with van der Waals surface area (Å²) in [7, 11) is 0. The van der Waals surface area contributed by atoms with Crippen LogP contribution in [0.25, 0.3) is 0 Å². The molecular weight excluding hydrogens is 218 g/mol. The number of nitrogens with one attached hydrogen (secondary N) is 1. The van der Waals surface area contributed by atoms with Crippen molar-refractivity contribution in [1.29, 1.82) is 0 Å². The molecule has 0 aromatic heterocycles. The zero-order valence-electron chi connectivity index (χ0n) is 10.1. The van der Waals surface area contributed by atoms with E-state index in [9.17, 15) is 5.11 Å². The van der Waals surface area contributed by atoms with E-state index in [2.05, 4.69) is 42.8 Å². The van der Waals surface area contributed by atoms with E-state index in [1.807, 2.05) is 11.8 Å². The van der Waals surface area contributed by atoms with E-state index >= 15 is 0 Å². The van der Waals surface area contributed by atoms with Crippen molar-refractivity contribution in [3.05, 3.63) is 29.8 Å². The zero-order valence-corrected chi connectivity index (χ0v) is 10.9. The van der Waals surface area contributed by atoms with Gasteiger partial charge in [0.05, 0.1) is 6.61 Å².